The van der Waals surface area contributed by atoms with Crippen LogP contribution in [0.4, 0.5) is 0 Å². The molecule has 7 heteroatoms. The Balaban J connectivity index is 2.00. The molecule has 1 saturated heterocycles. The van der Waals surface area contributed by atoms with Gasteiger partial charge in [0.2, 0.25) is 0 Å². The number of piperidine rings is 1. The van der Waals surface area contributed by atoms with Gasteiger partial charge in [-0.05, 0) is 32.4 Å². The highest BCUT2D eigenvalue weighted by Crippen LogP contribution is 2.17. The Hall–Kier alpha value is -1.47. The Morgan fingerprint density at radius 1 is 1.45 bits per heavy atom. The molecule has 22 heavy (non-hydrogen) atoms. The summed E-state index contributed by atoms with van der Waals surface area (Å²) in [5.41, 5.74) is 0.436. The molecule has 0 bridgehead atoms. The first kappa shape index (κ1) is 16.9. The molecular formula is C15H27N5O2. The number of hydrogen-bond donors (Lipinski definition) is 1. The van der Waals surface area contributed by atoms with Gasteiger partial charge in [0, 0.05) is 20.2 Å². The maximum Gasteiger partial charge on any atom is 0.276 e. The van der Waals surface area contributed by atoms with E-state index in [9.17, 15) is 4.79 Å². The zero-order valence-corrected chi connectivity index (χ0v) is 13.6. The lowest BCUT2D eigenvalue weighted by atomic mass is 10.1. The minimum Gasteiger partial charge on any atom is -0.383 e. The molecule has 0 atom stereocenters. The van der Waals surface area contributed by atoms with Crippen LogP contribution in [0.15, 0.2) is 6.20 Å². The summed E-state index contributed by atoms with van der Waals surface area (Å²) < 4.78 is 6.95. The number of ether oxygens (including phenoxy) is 1. The van der Waals surface area contributed by atoms with Gasteiger partial charge < -0.3 is 15.0 Å². The average molecular weight is 309 g/mol. The fourth-order valence-corrected chi connectivity index (χ4v) is 2.65. The molecule has 7 nitrogen and oxygen atoms in total. The average Bonchev–Trinajstić information content (AvgIpc) is 3.05. The van der Waals surface area contributed by atoms with Gasteiger partial charge in [0.25, 0.3) is 5.91 Å². The first-order chi connectivity index (χ1) is 10.8. The van der Waals surface area contributed by atoms with E-state index in [4.69, 9.17) is 4.74 Å². The molecule has 0 aliphatic carbocycles. The number of rotatable bonds is 8. The first-order valence-electron chi connectivity index (χ1n) is 8.17. The standard InChI is InChI=1S/C15H27N5O2/c1-3-4-9-19(10-11-22-2)15(21)14-12-20(18-17-14)13-5-7-16-8-6-13/h12-13,16H,3-11H2,1-2H3. The van der Waals surface area contributed by atoms with Crippen LogP contribution in [0, 0.1) is 0 Å². The summed E-state index contributed by atoms with van der Waals surface area (Å²) >= 11 is 0. The first-order valence-corrected chi connectivity index (χ1v) is 8.17. The number of aromatic nitrogens is 3. The van der Waals surface area contributed by atoms with Gasteiger partial charge in [-0.3, -0.25) is 4.79 Å². The maximum absolute atomic E-state index is 12.6. The number of carbonyl (C=O) groups excluding carboxylic acids is 1. The van der Waals surface area contributed by atoms with Crippen molar-refractivity contribution in [3.8, 4) is 0 Å². The minimum absolute atomic E-state index is 0.0503. The molecule has 0 spiro atoms. The van der Waals surface area contributed by atoms with E-state index in [2.05, 4.69) is 22.6 Å². The van der Waals surface area contributed by atoms with Crippen molar-refractivity contribution in [3.05, 3.63) is 11.9 Å². The van der Waals surface area contributed by atoms with Gasteiger partial charge in [-0.25, -0.2) is 4.68 Å². The molecule has 124 valence electrons. The summed E-state index contributed by atoms with van der Waals surface area (Å²) in [6.07, 6.45) is 5.89. The summed E-state index contributed by atoms with van der Waals surface area (Å²) in [6, 6.07) is 0.346. The van der Waals surface area contributed by atoms with Crippen LogP contribution in [-0.2, 0) is 4.74 Å². The molecule has 2 heterocycles. The van der Waals surface area contributed by atoms with Crippen molar-refractivity contribution in [2.24, 2.45) is 0 Å². The van der Waals surface area contributed by atoms with Crippen LogP contribution in [0.1, 0.15) is 49.1 Å². The monoisotopic (exact) mass is 309 g/mol. The van der Waals surface area contributed by atoms with Crippen LogP contribution in [0.25, 0.3) is 0 Å². The second-order valence-electron chi connectivity index (χ2n) is 5.70. The molecule has 0 radical (unpaired) electrons. The van der Waals surface area contributed by atoms with Crippen LogP contribution < -0.4 is 5.32 Å². The van der Waals surface area contributed by atoms with E-state index in [1.165, 1.54) is 0 Å². The summed E-state index contributed by atoms with van der Waals surface area (Å²) in [6.45, 7) is 5.97. The maximum atomic E-state index is 12.6. The molecule has 0 unspecified atom stereocenters. The van der Waals surface area contributed by atoms with E-state index >= 15 is 0 Å². The van der Waals surface area contributed by atoms with Gasteiger partial charge in [-0.1, -0.05) is 18.6 Å². The van der Waals surface area contributed by atoms with Gasteiger partial charge in [-0.15, -0.1) is 5.10 Å². The van der Waals surface area contributed by atoms with Crippen molar-refractivity contribution in [3.63, 3.8) is 0 Å². The molecule has 0 saturated carbocycles. The SMILES string of the molecule is CCCCN(CCOC)C(=O)c1cn(C2CCNCC2)nn1. The quantitative estimate of drug-likeness (QED) is 0.778. The number of methoxy groups -OCH3 is 1. The highest BCUT2D eigenvalue weighted by Gasteiger charge is 2.21. The fourth-order valence-electron chi connectivity index (χ4n) is 2.65. The van der Waals surface area contributed by atoms with E-state index in [-0.39, 0.29) is 5.91 Å². The molecule has 2 rings (SSSR count). The summed E-state index contributed by atoms with van der Waals surface area (Å²) in [5, 5.41) is 11.6. The van der Waals surface area contributed by atoms with E-state index < -0.39 is 0 Å². The van der Waals surface area contributed by atoms with Crippen molar-refractivity contribution < 1.29 is 9.53 Å². The van der Waals surface area contributed by atoms with Crippen LogP contribution >= 0.6 is 0 Å². The third-order valence-corrected chi connectivity index (χ3v) is 4.05. The third-order valence-electron chi connectivity index (χ3n) is 4.05. The molecule has 0 aromatic carbocycles. The molecule has 1 fully saturated rings. The number of unbranched alkanes of at least 4 members (excludes halogenated alkanes) is 1. The van der Waals surface area contributed by atoms with Crippen molar-refractivity contribution in [1.29, 1.82) is 0 Å². The molecule has 1 N–H and O–H groups in total. The van der Waals surface area contributed by atoms with Gasteiger partial charge >= 0.3 is 0 Å². The second-order valence-corrected chi connectivity index (χ2v) is 5.70. The molecule has 1 amide bonds. The molecule has 1 aliphatic heterocycles. The van der Waals surface area contributed by atoms with Crippen molar-refractivity contribution >= 4 is 5.91 Å². The molecule has 1 aromatic rings. The zero-order valence-electron chi connectivity index (χ0n) is 13.6. The lowest BCUT2D eigenvalue weighted by molar-refractivity contribution is 0.0687. The lowest BCUT2D eigenvalue weighted by Crippen LogP contribution is -2.35. The number of nitrogens with zero attached hydrogens (tertiary/aromatic N) is 4. The Labute approximate surface area is 132 Å². The predicted octanol–water partition coefficient (Wildman–Crippen LogP) is 1.09. The second kappa shape index (κ2) is 8.85. The number of nitrogens with one attached hydrogen (secondary N) is 1. The van der Waals surface area contributed by atoms with Gasteiger partial charge in [0.05, 0.1) is 18.8 Å². The molecule has 1 aromatic heterocycles. The normalized spacial score (nSPS) is 15.9. The van der Waals surface area contributed by atoms with Crippen LogP contribution in [0.2, 0.25) is 0 Å². The van der Waals surface area contributed by atoms with Gasteiger partial charge in [0.15, 0.2) is 5.69 Å². The van der Waals surface area contributed by atoms with Crippen molar-refractivity contribution in [1.82, 2.24) is 25.2 Å². The highest BCUT2D eigenvalue weighted by atomic mass is 16.5. The van der Waals surface area contributed by atoms with Crippen LogP contribution in [-0.4, -0.2) is 65.7 Å². The summed E-state index contributed by atoms with van der Waals surface area (Å²) in [4.78, 5) is 14.4. The molecule has 1 aliphatic rings. The van der Waals surface area contributed by atoms with Crippen LogP contribution in [0.5, 0.6) is 0 Å². The summed E-state index contributed by atoms with van der Waals surface area (Å²) in [7, 11) is 1.65. The van der Waals surface area contributed by atoms with Crippen molar-refractivity contribution in [2.75, 3.05) is 39.9 Å². The van der Waals surface area contributed by atoms with Gasteiger partial charge in [-0.2, -0.15) is 0 Å². The highest BCUT2D eigenvalue weighted by molar-refractivity contribution is 5.91. The fraction of sp³-hybridized carbons (Fsp3) is 0.800. The largest absolute Gasteiger partial charge is 0.383 e. The summed E-state index contributed by atoms with van der Waals surface area (Å²) in [5.74, 6) is -0.0503. The topological polar surface area (TPSA) is 72.3 Å². The minimum atomic E-state index is -0.0503. The predicted molar refractivity (Wildman–Crippen MR) is 83.9 cm³/mol. The Bertz CT molecular complexity index is 449. The zero-order chi connectivity index (χ0) is 15.8. The van der Waals surface area contributed by atoms with E-state index in [1.54, 1.807) is 13.3 Å². The Morgan fingerprint density at radius 3 is 2.91 bits per heavy atom. The van der Waals surface area contributed by atoms with E-state index in [0.717, 1.165) is 45.3 Å². The van der Waals surface area contributed by atoms with Crippen molar-refractivity contribution in [2.45, 2.75) is 38.6 Å². The smallest absolute Gasteiger partial charge is 0.276 e. The van der Waals surface area contributed by atoms with E-state index in [0.29, 0.717) is 24.9 Å². The van der Waals surface area contributed by atoms with Crippen LogP contribution in [0.3, 0.4) is 0 Å². The Morgan fingerprint density at radius 2 is 2.23 bits per heavy atom. The van der Waals surface area contributed by atoms with E-state index in [1.807, 2.05) is 9.58 Å². The third kappa shape index (κ3) is 4.51. The molecular weight excluding hydrogens is 282 g/mol. The lowest BCUT2D eigenvalue weighted by Gasteiger charge is -2.22. The number of hydrogen-bond acceptors (Lipinski definition) is 5. The number of amides is 1. The van der Waals surface area contributed by atoms with Gasteiger partial charge in [0.1, 0.15) is 0 Å². The number of carbonyl (C=O) groups is 1. The Kier molecular flexibility index (Phi) is 6.79.